The summed E-state index contributed by atoms with van der Waals surface area (Å²) in [5, 5.41) is 19.6. The monoisotopic (exact) mass is 263 g/mol. The SMILES string of the molecule is CC(C)N1CC(C(C)(C)C(=O)O)c2c(O)cccc21. The van der Waals surface area contributed by atoms with E-state index < -0.39 is 11.4 Å². The average Bonchev–Trinajstić information content (AvgIpc) is 2.70. The lowest BCUT2D eigenvalue weighted by Gasteiger charge is -2.29. The molecule has 1 aliphatic heterocycles. The number of hydrogen-bond acceptors (Lipinski definition) is 3. The molecule has 1 aromatic rings. The Kier molecular flexibility index (Phi) is 3.20. The molecule has 2 N–H and O–H groups in total. The minimum absolute atomic E-state index is 0.194. The first-order chi connectivity index (χ1) is 8.76. The number of hydrogen-bond donors (Lipinski definition) is 2. The molecule has 0 amide bonds. The number of rotatable bonds is 3. The maximum Gasteiger partial charge on any atom is 0.309 e. The topological polar surface area (TPSA) is 60.8 Å². The van der Waals surface area contributed by atoms with Gasteiger partial charge in [-0.05, 0) is 39.8 Å². The number of phenolic OH excluding ortho intramolecular Hbond substituents is 1. The standard InChI is InChI=1S/C15H21NO3/c1-9(2)16-8-10(15(3,4)14(18)19)13-11(16)6-5-7-12(13)17/h5-7,9-10,17H,8H2,1-4H3,(H,18,19). The van der Waals surface area contributed by atoms with Crippen LogP contribution in [0.5, 0.6) is 5.75 Å². The van der Waals surface area contributed by atoms with E-state index in [0.717, 1.165) is 11.3 Å². The number of carboxylic acids is 1. The summed E-state index contributed by atoms with van der Waals surface area (Å²) >= 11 is 0. The van der Waals surface area contributed by atoms with E-state index in [2.05, 4.69) is 18.7 Å². The Hall–Kier alpha value is -1.71. The van der Waals surface area contributed by atoms with E-state index in [9.17, 15) is 15.0 Å². The molecule has 0 aromatic heterocycles. The van der Waals surface area contributed by atoms with Crippen molar-refractivity contribution in [2.24, 2.45) is 5.41 Å². The molecule has 0 saturated heterocycles. The zero-order valence-corrected chi connectivity index (χ0v) is 11.8. The van der Waals surface area contributed by atoms with Gasteiger partial charge in [-0.2, -0.15) is 0 Å². The molecule has 1 unspecified atom stereocenters. The third-order valence-corrected chi connectivity index (χ3v) is 4.14. The molecule has 19 heavy (non-hydrogen) atoms. The van der Waals surface area contributed by atoms with Crippen molar-refractivity contribution in [3.05, 3.63) is 23.8 Å². The van der Waals surface area contributed by atoms with Crippen LogP contribution in [0.1, 0.15) is 39.2 Å². The Bertz CT molecular complexity index is 508. The van der Waals surface area contributed by atoms with Crippen molar-refractivity contribution < 1.29 is 15.0 Å². The average molecular weight is 263 g/mol. The highest BCUT2D eigenvalue weighted by Crippen LogP contribution is 2.50. The molecule has 2 rings (SSSR count). The lowest BCUT2D eigenvalue weighted by molar-refractivity contribution is -0.148. The van der Waals surface area contributed by atoms with Gasteiger partial charge < -0.3 is 15.1 Å². The summed E-state index contributed by atoms with van der Waals surface area (Å²) in [4.78, 5) is 13.7. The van der Waals surface area contributed by atoms with Gasteiger partial charge in [0, 0.05) is 29.8 Å². The Morgan fingerprint density at radius 3 is 2.58 bits per heavy atom. The van der Waals surface area contributed by atoms with Crippen LogP contribution in [0.3, 0.4) is 0 Å². The Morgan fingerprint density at radius 1 is 1.42 bits per heavy atom. The summed E-state index contributed by atoms with van der Waals surface area (Å²) in [5.74, 6) is -0.846. The normalized spacial score (nSPS) is 18.8. The van der Waals surface area contributed by atoms with E-state index in [4.69, 9.17) is 0 Å². The van der Waals surface area contributed by atoms with Crippen molar-refractivity contribution in [3.63, 3.8) is 0 Å². The van der Waals surface area contributed by atoms with Gasteiger partial charge in [-0.15, -0.1) is 0 Å². The second kappa shape index (κ2) is 4.44. The van der Waals surface area contributed by atoms with E-state index in [-0.39, 0.29) is 17.7 Å². The van der Waals surface area contributed by atoms with Gasteiger partial charge in [-0.3, -0.25) is 4.79 Å². The van der Waals surface area contributed by atoms with Crippen molar-refractivity contribution in [1.29, 1.82) is 0 Å². The summed E-state index contributed by atoms with van der Waals surface area (Å²) in [6.07, 6.45) is 0. The molecule has 0 aliphatic carbocycles. The highest BCUT2D eigenvalue weighted by atomic mass is 16.4. The molecule has 0 bridgehead atoms. The second-order valence-electron chi connectivity index (χ2n) is 6.04. The van der Waals surface area contributed by atoms with Gasteiger partial charge in [0.2, 0.25) is 0 Å². The zero-order chi connectivity index (χ0) is 14.4. The Morgan fingerprint density at radius 2 is 2.05 bits per heavy atom. The van der Waals surface area contributed by atoms with Crippen LogP contribution in [0.4, 0.5) is 5.69 Å². The molecule has 1 aromatic carbocycles. The Balaban J connectivity index is 2.55. The smallest absolute Gasteiger partial charge is 0.309 e. The fraction of sp³-hybridized carbons (Fsp3) is 0.533. The van der Waals surface area contributed by atoms with Gasteiger partial charge in [-0.1, -0.05) is 6.07 Å². The lowest BCUT2D eigenvalue weighted by Crippen LogP contribution is -2.36. The summed E-state index contributed by atoms with van der Waals surface area (Å²) in [7, 11) is 0. The van der Waals surface area contributed by atoms with Crippen molar-refractivity contribution in [1.82, 2.24) is 0 Å². The number of benzene rings is 1. The van der Waals surface area contributed by atoms with Gasteiger partial charge >= 0.3 is 5.97 Å². The maximum absolute atomic E-state index is 11.5. The highest BCUT2D eigenvalue weighted by molar-refractivity contribution is 5.78. The van der Waals surface area contributed by atoms with Gasteiger partial charge in [-0.25, -0.2) is 0 Å². The number of aromatic hydroxyl groups is 1. The maximum atomic E-state index is 11.5. The van der Waals surface area contributed by atoms with E-state index in [0.29, 0.717) is 6.54 Å². The predicted molar refractivity (Wildman–Crippen MR) is 74.7 cm³/mol. The molecule has 1 aliphatic rings. The van der Waals surface area contributed by atoms with Gasteiger partial charge in [0.15, 0.2) is 0 Å². The van der Waals surface area contributed by atoms with E-state index in [1.807, 2.05) is 6.07 Å². The van der Waals surface area contributed by atoms with Crippen LogP contribution >= 0.6 is 0 Å². The van der Waals surface area contributed by atoms with Crippen LogP contribution in [0.25, 0.3) is 0 Å². The Labute approximate surface area is 113 Å². The molecular weight excluding hydrogens is 242 g/mol. The minimum Gasteiger partial charge on any atom is -0.508 e. The van der Waals surface area contributed by atoms with Crippen molar-refractivity contribution >= 4 is 11.7 Å². The van der Waals surface area contributed by atoms with Crippen LogP contribution in [0.15, 0.2) is 18.2 Å². The highest BCUT2D eigenvalue weighted by Gasteiger charge is 2.45. The number of aliphatic carboxylic acids is 1. The number of fused-ring (bicyclic) bond motifs is 1. The van der Waals surface area contributed by atoms with Crippen molar-refractivity contribution in [3.8, 4) is 5.75 Å². The molecule has 1 atom stereocenters. The van der Waals surface area contributed by atoms with Gasteiger partial charge in [0.05, 0.1) is 5.41 Å². The van der Waals surface area contributed by atoms with Gasteiger partial charge in [0.1, 0.15) is 5.75 Å². The van der Waals surface area contributed by atoms with Crippen molar-refractivity contribution in [2.75, 3.05) is 11.4 Å². The number of anilines is 1. The molecule has 0 fully saturated rings. The third-order valence-electron chi connectivity index (χ3n) is 4.14. The third kappa shape index (κ3) is 2.05. The molecule has 0 saturated carbocycles. The van der Waals surface area contributed by atoms with Crippen LogP contribution in [0, 0.1) is 5.41 Å². The first-order valence-corrected chi connectivity index (χ1v) is 6.58. The summed E-state index contributed by atoms with van der Waals surface area (Å²) in [6.45, 7) is 8.22. The summed E-state index contributed by atoms with van der Waals surface area (Å²) in [6, 6.07) is 5.66. The fourth-order valence-corrected chi connectivity index (χ4v) is 2.76. The van der Waals surface area contributed by atoms with Crippen LogP contribution in [-0.2, 0) is 4.79 Å². The zero-order valence-electron chi connectivity index (χ0n) is 11.8. The number of carbonyl (C=O) groups is 1. The van der Waals surface area contributed by atoms with E-state index >= 15 is 0 Å². The summed E-state index contributed by atoms with van der Waals surface area (Å²) < 4.78 is 0. The van der Waals surface area contributed by atoms with Crippen molar-refractivity contribution in [2.45, 2.75) is 39.7 Å². The van der Waals surface area contributed by atoms with E-state index in [1.165, 1.54) is 0 Å². The predicted octanol–water partition coefficient (Wildman–Crippen LogP) is 2.82. The largest absolute Gasteiger partial charge is 0.508 e. The minimum atomic E-state index is -0.906. The first kappa shape index (κ1) is 13.7. The van der Waals surface area contributed by atoms with Crippen LogP contribution in [-0.4, -0.2) is 28.8 Å². The van der Waals surface area contributed by atoms with Crippen LogP contribution < -0.4 is 4.90 Å². The van der Waals surface area contributed by atoms with E-state index in [1.54, 1.807) is 26.0 Å². The van der Waals surface area contributed by atoms with Crippen LogP contribution in [0.2, 0.25) is 0 Å². The summed E-state index contributed by atoms with van der Waals surface area (Å²) in [5.41, 5.74) is 0.815. The molecular formula is C15H21NO3. The first-order valence-electron chi connectivity index (χ1n) is 6.58. The second-order valence-corrected chi connectivity index (χ2v) is 6.04. The molecule has 4 nitrogen and oxygen atoms in total. The molecule has 104 valence electrons. The number of carboxylic acid groups (broad SMARTS) is 1. The molecule has 4 heteroatoms. The molecule has 1 heterocycles. The molecule has 0 spiro atoms. The molecule has 0 radical (unpaired) electrons. The quantitative estimate of drug-likeness (QED) is 0.880. The number of nitrogens with zero attached hydrogens (tertiary/aromatic N) is 1. The fourth-order valence-electron chi connectivity index (χ4n) is 2.76. The number of phenols is 1. The lowest BCUT2D eigenvalue weighted by atomic mass is 9.75. The van der Waals surface area contributed by atoms with Gasteiger partial charge in [0.25, 0.3) is 0 Å².